The first-order valence-electron chi connectivity index (χ1n) is 7.14. The molecule has 2 aromatic heterocycles. The number of sulfonamides is 1. The molecule has 128 valence electrons. The molecule has 1 aliphatic rings. The van der Waals surface area contributed by atoms with E-state index in [2.05, 4.69) is 15.2 Å². The van der Waals surface area contributed by atoms with Crippen molar-refractivity contribution in [3.05, 3.63) is 24.2 Å². The second-order valence-corrected chi connectivity index (χ2v) is 7.31. The summed E-state index contributed by atoms with van der Waals surface area (Å²) in [6.07, 6.45) is 2.76. The summed E-state index contributed by atoms with van der Waals surface area (Å²) in [6, 6.07) is 3.52. The molecule has 1 amide bonds. The molecule has 1 fully saturated rings. The summed E-state index contributed by atoms with van der Waals surface area (Å²) in [4.78, 5) is 17.3. The SMILES string of the molecule is CS(=O)(=O)N1CCN(c2ccc(-c3nnc(C(N)=O)o3)cn2)CC1. The largest absolute Gasteiger partial charge is 0.412 e. The Labute approximate surface area is 138 Å². The van der Waals surface area contributed by atoms with Crippen molar-refractivity contribution in [2.75, 3.05) is 37.3 Å². The third-order valence-electron chi connectivity index (χ3n) is 3.66. The third kappa shape index (κ3) is 3.36. The number of rotatable bonds is 4. The van der Waals surface area contributed by atoms with E-state index in [4.69, 9.17) is 10.2 Å². The van der Waals surface area contributed by atoms with Crippen LogP contribution in [0.1, 0.15) is 10.7 Å². The number of amides is 1. The lowest BCUT2D eigenvalue weighted by atomic mass is 10.2. The summed E-state index contributed by atoms with van der Waals surface area (Å²) in [6.45, 7) is 1.97. The highest BCUT2D eigenvalue weighted by Gasteiger charge is 2.24. The number of hydrogen-bond acceptors (Lipinski definition) is 8. The minimum absolute atomic E-state index is 0.157. The number of nitrogens with two attached hydrogens (primary N) is 1. The molecule has 0 unspecified atom stereocenters. The Hall–Kier alpha value is -2.53. The van der Waals surface area contributed by atoms with Gasteiger partial charge in [-0.15, -0.1) is 10.2 Å². The van der Waals surface area contributed by atoms with Crippen LogP contribution in [0, 0.1) is 0 Å². The van der Waals surface area contributed by atoms with Gasteiger partial charge in [-0.25, -0.2) is 13.4 Å². The summed E-state index contributed by atoms with van der Waals surface area (Å²) in [7, 11) is -3.16. The Bertz CT molecular complexity index is 840. The standard InChI is InChI=1S/C13H16N6O4S/c1-24(21,22)19-6-4-18(5-7-19)10-3-2-9(8-15-10)12-16-17-13(23-12)11(14)20/h2-3,8H,4-7H2,1H3,(H2,14,20). The quantitative estimate of drug-likeness (QED) is 0.764. The third-order valence-corrected chi connectivity index (χ3v) is 4.97. The zero-order valence-electron chi connectivity index (χ0n) is 12.9. The van der Waals surface area contributed by atoms with E-state index in [0.29, 0.717) is 31.7 Å². The molecule has 0 aromatic carbocycles. The summed E-state index contributed by atoms with van der Waals surface area (Å²) >= 11 is 0. The second kappa shape index (κ2) is 6.17. The average Bonchev–Trinajstić information content (AvgIpc) is 3.05. The Morgan fingerprint density at radius 1 is 1.21 bits per heavy atom. The molecule has 10 nitrogen and oxygen atoms in total. The van der Waals surface area contributed by atoms with Crippen LogP contribution in [0.2, 0.25) is 0 Å². The van der Waals surface area contributed by atoms with Crippen LogP contribution >= 0.6 is 0 Å². The van der Waals surface area contributed by atoms with E-state index < -0.39 is 15.9 Å². The number of anilines is 1. The molecular weight excluding hydrogens is 336 g/mol. The lowest BCUT2D eigenvalue weighted by molar-refractivity contribution is 0.0968. The van der Waals surface area contributed by atoms with Gasteiger partial charge in [0.15, 0.2) is 0 Å². The molecule has 2 aromatic rings. The Kier molecular flexibility index (Phi) is 4.20. The van der Waals surface area contributed by atoms with Crippen LogP contribution in [0.5, 0.6) is 0 Å². The van der Waals surface area contributed by atoms with E-state index in [0.717, 1.165) is 5.82 Å². The molecule has 0 saturated carbocycles. The number of primary amides is 1. The molecular formula is C13H16N6O4S. The number of carbonyl (C=O) groups excluding carboxylic acids is 1. The van der Waals surface area contributed by atoms with Gasteiger partial charge in [-0.3, -0.25) is 4.79 Å². The van der Waals surface area contributed by atoms with Crippen molar-refractivity contribution in [2.24, 2.45) is 5.73 Å². The molecule has 0 aliphatic carbocycles. The first-order valence-corrected chi connectivity index (χ1v) is 8.99. The highest BCUT2D eigenvalue weighted by molar-refractivity contribution is 7.88. The predicted molar refractivity (Wildman–Crippen MR) is 84.7 cm³/mol. The highest BCUT2D eigenvalue weighted by atomic mass is 32.2. The van der Waals surface area contributed by atoms with Gasteiger partial charge >= 0.3 is 11.8 Å². The van der Waals surface area contributed by atoms with E-state index in [1.807, 2.05) is 4.90 Å². The molecule has 0 radical (unpaired) electrons. The second-order valence-electron chi connectivity index (χ2n) is 5.33. The summed E-state index contributed by atoms with van der Waals surface area (Å²) in [5.74, 6) is -0.167. The first kappa shape index (κ1) is 16.3. The fourth-order valence-electron chi connectivity index (χ4n) is 2.39. The first-order chi connectivity index (χ1) is 11.3. The van der Waals surface area contributed by atoms with E-state index in [1.165, 1.54) is 10.6 Å². The van der Waals surface area contributed by atoms with E-state index in [-0.39, 0.29) is 11.8 Å². The summed E-state index contributed by atoms with van der Waals surface area (Å²) in [5.41, 5.74) is 5.63. The molecule has 0 atom stereocenters. The van der Waals surface area contributed by atoms with Crippen LogP contribution < -0.4 is 10.6 Å². The highest BCUT2D eigenvalue weighted by Crippen LogP contribution is 2.21. The molecule has 24 heavy (non-hydrogen) atoms. The van der Waals surface area contributed by atoms with Crippen LogP contribution in [0.25, 0.3) is 11.5 Å². The van der Waals surface area contributed by atoms with Gasteiger partial charge in [0.2, 0.25) is 15.9 Å². The zero-order valence-corrected chi connectivity index (χ0v) is 13.7. The molecule has 2 N–H and O–H groups in total. The maximum Gasteiger partial charge on any atom is 0.306 e. The van der Waals surface area contributed by atoms with Gasteiger partial charge in [0, 0.05) is 32.4 Å². The van der Waals surface area contributed by atoms with Crippen LogP contribution in [0.15, 0.2) is 22.7 Å². The van der Waals surface area contributed by atoms with E-state index >= 15 is 0 Å². The number of piperazine rings is 1. The van der Waals surface area contributed by atoms with Crippen molar-refractivity contribution in [3.63, 3.8) is 0 Å². The summed E-state index contributed by atoms with van der Waals surface area (Å²) < 4.78 is 29.6. The number of aromatic nitrogens is 3. The van der Waals surface area contributed by atoms with Crippen molar-refractivity contribution in [1.82, 2.24) is 19.5 Å². The van der Waals surface area contributed by atoms with Gasteiger partial charge in [0.1, 0.15) is 5.82 Å². The Morgan fingerprint density at radius 3 is 2.42 bits per heavy atom. The predicted octanol–water partition coefficient (Wildman–Crippen LogP) is -0.688. The number of hydrogen-bond donors (Lipinski definition) is 1. The van der Waals surface area contributed by atoms with Crippen molar-refractivity contribution in [1.29, 1.82) is 0 Å². The van der Waals surface area contributed by atoms with Crippen LogP contribution in [-0.4, -0.2) is 66.2 Å². The zero-order chi connectivity index (χ0) is 17.3. The van der Waals surface area contributed by atoms with Crippen LogP contribution in [0.3, 0.4) is 0 Å². The van der Waals surface area contributed by atoms with Gasteiger partial charge in [-0.2, -0.15) is 4.31 Å². The number of nitrogens with zero attached hydrogens (tertiary/aromatic N) is 5. The minimum atomic E-state index is -3.16. The van der Waals surface area contributed by atoms with Crippen molar-refractivity contribution in [3.8, 4) is 11.5 Å². The Balaban J connectivity index is 1.70. The average molecular weight is 352 g/mol. The van der Waals surface area contributed by atoms with E-state index in [1.54, 1.807) is 18.3 Å². The maximum atomic E-state index is 11.5. The molecule has 11 heteroatoms. The Morgan fingerprint density at radius 2 is 1.92 bits per heavy atom. The van der Waals surface area contributed by atoms with Crippen molar-refractivity contribution < 1.29 is 17.6 Å². The van der Waals surface area contributed by atoms with Crippen LogP contribution in [0.4, 0.5) is 5.82 Å². The van der Waals surface area contributed by atoms with Gasteiger partial charge in [-0.05, 0) is 12.1 Å². The van der Waals surface area contributed by atoms with Gasteiger partial charge in [-0.1, -0.05) is 0 Å². The topological polar surface area (TPSA) is 136 Å². The maximum absolute atomic E-state index is 11.5. The summed E-state index contributed by atoms with van der Waals surface area (Å²) in [5, 5.41) is 7.29. The molecule has 0 spiro atoms. The van der Waals surface area contributed by atoms with Gasteiger partial charge < -0.3 is 15.1 Å². The van der Waals surface area contributed by atoms with Gasteiger partial charge in [0.25, 0.3) is 0 Å². The fourth-order valence-corrected chi connectivity index (χ4v) is 3.21. The van der Waals surface area contributed by atoms with Crippen LogP contribution in [-0.2, 0) is 10.0 Å². The molecule has 0 bridgehead atoms. The van der Waals surface area contributed by atoms with E-state index in [9.17, 15) is 13.2 Å². The number of carbonyl (C=O) groups is 1. The van der Waals surface area contributed by atoms with Crippen molar-refractivity contribution >= 4 is 21.7 Å². The lowest BCUT2D eigenvalue weighted by Crippen LogP contribution is -2.48. The molecule has 1 saturated heterocycles. The molecule has 1 aliphatic heterocycles. The monoisotopic (exact) mass is 352 g/mol. The fraction of sp³-hybridized carbons (Fsp3) is 0.385. The van der Waals surface area contributed by atoms with Crippen molar-refractivity contribution in [2.45, 2.75) is 0 Å². The molecule has 3 heterocycles. The lowest BCUT2D eigenvalue weighted by Gasteiger charge is -2.33. The normalized spacial score (nSPS) is 16.3. The number of pyridine rings is 1. The minimum Gasteiger partial charge on any atom is -0.412 e. The smallest absolute Gasteiger partial charge is 0.306 e. The molecule has 3 rings (SSSR count). The van der Waals surface area contributed by atoms with Gasteiger partial charge in [0.05, 0.1) is 11.8 Å².